The molecule has 0 unspecified atom stereocenters. The molecule has 2 rings (SSSR count). The van der Waals surface area contributed by atoms with Crippen molar-refractivity contribution in [3.63, 3.8) is 0 Å². The summed E-state index contributed by atoms with van der Waals surface area (Å²) in [6.45, 7) is 0.138. The van der Waals surface area contributed by atoms with Crippen LogP contribution in [-0.4, -0.2) is 17.0 Å². The SMILES string of the molecule is Cn1cc(Br)cc1C(=O)N(CCC#N)c1ccccc1F. The molecule has 0 saturated heterocycles. The lowest BCUT2D eigenvalue weighted by molar-refractivity contribution is 0.0979. The first kappa shape index (κ1) is 15.3. The molecule has 1 heterocycles. The number of aryl methyl sites for hydroxylation is 1. The number of hydrogen-bond donors (Lipinski definition) is 0. The van der Waals surface area contributed by atoms with E-state index in [9.17, 15) is 9.18 Å². The average molecular weight is 350 g/mol. The Hall–Kier alpha value is -2.13. The fourth-order valence-electron chi connectivity index (χ4n) is 2.04. The van der Waals surface area contributed by atoms with E-state index in [-0.39, 0.29) is 24.6 Å². The number of carbonyl (C=O) groups excluding carboxylic acids is 1. The van der Waals surface area contributed by atoms with Crippen LogP contribution in [0.15, 0.2) is 41.0 Å². The van der Waals surface area contributed by atoms with Gasteiger partial charge >= 0.3 is 0 Å². The van der Waals surface area contributed by atoms with Crippen molar-refractivity contribution < 1.29 is 9.18 Å². The highest BCUT2D eigenvalue weighted by Gasteiger charge is 2.22. The van der Waals surface area contributed by atoms with Gasteiger partial charge in [-0.2, -0.15) is 5.26 Å². The molecular formula is C15H13BrFN3O. The van der Waals surface area contributed by atoms with Gasteiger partial charge in [-0.05, 0) is 34.1 Å². The molecule has 21 heavy (non-hydrogen) atoms. The highest BCUT2D eigenvalue weighted by Crippen LogP contribution is 2.23. The van der Waals surface area contributed by atoms with Gasteiger partial charge in [0.2, 0.25) is 0 Å². The van der Waals surface area contributed by atoms with Crippen LogP contribution in [0.5, 0.6) is 0 Å². The number of aromatic nitrogens is 1. The minimum Gasteiger partial charge on any atom is -0.345 e. The Morgan fingerprint density at radius 3 is 2.76 bits per heavy atom. The zero-order valence-electron chi connectivity index (χ0n) is 11.4. The van der Waals surface area contributed by atoms with Crippen molar-refractivity contribution in [3.8, 4) is 6.07 Å². The molecule has 0 aliphatic heterocycles. The summed E-state index contributed by atoms with van der Waals surface area (Å²) in [4.78, 5) is 13.9. The summed E-state index contributed by atoms with van der Waals surface area (Å²) >= 11 is 3.31. The van der Waals surface area contributed by atoms with E-state index in [0.717, 1.165) is 4.47 Å². The van der Waals surface area contributed by atoms with Crippen molar-refractivity contribution in [1.29, 1.82) is 5.26 Å². The number of amides is 1. The van der Waals surface area contributed by atoms with E-state index in [2.05, 4.69) is 15.9 Å². The van der Waals surface area contributed by atoms with Gasteiger partial charge in [0.25, 0.3) is 5.91 Å². The quantitative estimate of drug-likeness (QED) is 0.848. The average Bonchev–Trinajstić information content (AvgIpc) is 2.79. The molecule has 108 valence electrons. The van der Waals surface area contributed by atoms with E-state index in [1.165, 1.54) is 17.0 Å². The van der Waals surface area contributed by atoms with Crippen LogP contribution >= 0.6 is 15.9 Å². The molecule has 0 atom stereocenters. The van der Waals surface area contributed by atoms with Crippen LogP contribution in [-0.2, 0) is 7.05 Å². The summed E-state index contributed by atoms with van der Waals surface area (Å²) in [5.41, 5.74) is 0.596. The molecule has 0 saturated carbocycles. The number of hydrogen-bond acceptors (Lipinski definition) is 2. The van der Waals surface area contributed by atoms with Crippen molar-refractivity contribution in [2.24, 2.45) is 7.05 Å². The predicted octanol–water partition coefficient (Wildman–Crippen LogP) is 3.49. The number of carbonyl (C=O) groups is 1. The van der Waals surface area contributed by atoms with Crippen molar-refractivity contribution in [3.05, 3.63) is 52.5 Å². The van der Waals surface area contributed by atoms with Crippen LogP contribution in [0.1, 0.15) is 16.9 Å². The van der Waals surface area contributed by atoms with Crippen LogP contribution in [0.2, 0.25) is 0 Å². The second-order valence-electron chi connectivity index (χ2n) is 4.47. The number of rotatable bonds is 4. The van der Waals surface area contributed by atoms with Crippen LogP contribution < -0.4 is 4.90 Å². The maximum Gasteiger partial charge on any atom is 0.275 e. The number of halogens is 2. The summed E-state index contributed by atoms with van der Waals surface area (Å²) in [7, 11) is 1.74. The van der Waals surface area contributed by atoms with E-state index < -0.39 is 5.82 Å². The van der Waals surface area contributed by atoms with Gasteiger partial charge in [-0.15, -0.1) is 0 Å². The third-order valence-electron chi connectivity index (χ3n) is 3.03. The molecule has 6 heteroatoms. The number of benzene rings is 1. The molecular weight excluding hydrogens is 337 g/mol. The largest absolute Gasteiger partial charge is 0.345 e. The Morgan fingerprint density at radius 1 is 1.48 bits per heavy atom. The van der Waals surface area contributed by atoms with Crippen LogP contribution in [0, 0.1) is 17.1 Å². The fourth-order valence-corrected chi connectivity index (χ4v) is 2.56. The lowest BCUT2D eigenvalue weighted by atomic mass is 10.2. The minimum absolute atomic E-state index is 0.131. The first-order valence-corrected chi connectivity index (χ1v) is 7.09. The van der Waals surface area contributed by atoms with E-state index in [0.29, 0.717) is 5.69 Å². The Morgan fingerprint density at radius 2 is 2.19 bits per heavy atom. The van der Waals surface area contributed by atoms with Crippen LogP contribution in [0.4, 0.5) is 10.1 Å². The van der Waals surface area contributed by atoms with E-state index >= 15 is 0 Å². The van der Waals surface area contributed by atoms with Crippen LogP contribution in [0.3, 0.4) is 0 Å². The smallest absolute Gasteiger partial charge is 0.275 e. The molecule has 0 N–H and O–H groups in total. The lowest BCUT2D eigenvalue weighted by Crippen LogP contribution is -2.33. The van der Waals surface area contributed by atoms with Crippen molar-refractivity contribution in [2.75, 3.05) is 11.4 Å². The number of anilines is 1. The van der Waals surface area contributed by atoms with Gasteiger partial charge in [0, 0.05) is 24.3 Å². The van der Waals surface area contributed by atoms with E-state index in [4.69, 9.17) is 5.26 Å². The summed E-state index contributed by atoms with van der Waals surface area (Å²) in [6.07, 6.45) is 1.88. The Labute approximate surface area is 130 Å². The Kier molecular flexibility index (Phi) is 4.76. The zero-order valence-corrected chi connectivity index (χ0v) is 13.0. The normalized spacial score (nSPS) is 10.2. The molecule has 0 aliphatic rings. The molecule has 1 aromatic carbocycles. The molecule has 0 spiro atoms. The molecule has 0 fully saturated rings. The molecule has 2 aromatic rings. The third-order valence-corrected chi connectivity index (χ3v) is 3.46. The number of para-hydroxylation sites is 1. The molecule has 1 amide bonds. The van der Waals surface area contributed by atoms with Crippen molar-refractivity contribution >= 4 is 27.5 Å². The first-order valence-electron chi connectivity index (χ1n) is 6.30. The van der Waals surface area contributed by atoms with Gasteiger partial charge in [-0.3, -0.25) is 4.79 Å². The van der Waals surface area contributed by atoms with Crippen molar-refractivity contribution in [2.45, 2.75) is 6.42 Å². The first-order chi connectivity index (χ1) is 10.0. The van der Waals surface area contributed by atoms with Gasteiger partial charge < -0.3 is 9.47 Å². The summed E-state index contributed by atoms with van der Waals surface area (Å²) in [5.74, 6) is -0.833. The van der Waals surface area contributed by atoms with Gasteiger partial charge in [-0.1, -0.05) is 12.1 Å². The van der Waals surface area contributed by atoms with Gasteiger partial charge in [-0.25, -0.2) is 4.39 Å². The highest BCUT2D eigenvalue weighted by atomic mass is 79.9. The maximum atomic E-state index is 14.0. The zero-order chi connectivity index (χ0) is 15.4. The molecule has 1 aromatic heterocycles. The molecule has 0 aliphatic carbocycles. The summed E-state index contributed by atoms with van der Waals surface area (Å²) < 4.78 is 16.4. The molecule has 0 bridgehead atoms. The third kappa shape index (κ3) is 3.31. The van der Waals surface area contributed by atoms with Gasteiger partial charge in [0.1, 0.15) is 11.5 Å². The minimum atomic E-state index is -0.489. The summed E-state index contributed by atoms with van der Waals surface area (Å²) in [6, 6.07) is 9.69. The summed E-state index contributed by atoms with van der Waals surface area (Å²) in [5, 5.41) is 8.75. The van der Waals surface area contributed by atoms with E-state index in [1.54, 1.807) is 36.0 Å². The Balaban J connectivity index is 2.41. The highest BCUT2D eigenvalue weighted by molar-refractivity contribution is 9.10. The number of nitrogens with zero attached hydrogens (tertiary/aromatic N) is 3. The van der Waals surface area contributed by atoms with Crippen LogP contribution in [0.25, 0.3) is 0 Å². The standard InChI is InChI=1S/C15H13BrFN3O/c1-19-10-11(16)9-14(19)15(21)20(8-4-7-18)13-6-3-2-5-12(13)17/h2-3,5-6,9-10H,4,8H2,1H3. The number of nitriles is 1. The second kappa shape index (κ2) is 6.55. The van der Waals surface area contributed by atoms with Gasteiger partial charge in [0.05, 0.1) is 18.2 Å². The maximum absolute atomic E-state index is 14.0. The van der Waals surface area contributed by atoms with Crippen molar-refractivity contribution in [1.82, 2.24) is 4.57 Å². The molecule has 0 radical (unpaired) electrons. The predicted molar refractivity (Wildman–Crippen MR) is 81.4 cm³/mol. The second-order valence-corrected chi connectivity index (χ2v) is 5.39. The Bertz CT molecular complexity index is 705. The molecule has 4 nitrogen and oxygen atoms in total. The van der Waals surface area contributed by atoms with E-state index in [1.807, 2.05) is 6.07 Å². The topological polar surface area (TPSA) is 49.0 Å². The monoisotopic (exact) mass is 349 g/mol. The fraction of sp³-hybridized carbons (Fsp3) is 0.200. The lowest BCUT2D eigenvalue weighted by Gasteiger charge is -2.22. The van der Waals surface area contributed by atoms with Gasteiger partial charge in [0.15, 0.2) is 0 Å².